The molecule has 2 nitrogen and oxygen atoms in total. The number of carbonyl (C=O) groups is 1. The number of Topliss-reactive ketones (excluding diaryl/α,β-unsaturated/α-hetero) is 1. The van der Waals surface area contributed by atoms with Gasteiger partial charge in [-0.2, -0.15) is 0 Å². The Labute approximate surface area is 64.8 Å². The standard InChI is InChI=1S/C9H7O2/c1-7-2-4-8(5-3-7)9(11)6-10/h2-5H,1H3. The Bertz CT molecular complexity index is 272. The van der Waals surface area contributed by atoms with Crippen LogP contribution in [-0.4, -0.2) is 12.1 Å². The molecule has 0 aliphatic heterocycles. The number of hydrogen-bond acceptors (Lipinski definition) is 2. The Morgan fingerprint density at radius 1 is 1.27 bits per heavy atom. The second kappa shape index (κ2) is 3.10. The minimum Gasteiger partial charge on any atom is -0.285 e. The average molecular weight is 147 g/mol. The third kappa shape index (κ3) is 1.74. The predicted molar refractivity (Wildman–Crippen MR) is 41.2 cm³/mol. The Morgan fingerprint density at radius 2 is 1.82 bits per heavy atom. The van der Waals surface area contributed by atoms with E-state index in [0.717, 1.165) is 5.56 Å². The van der Waals surface area contributed by atoms with Gasteiger partial charge in [0.2, 0.25) is 5.78 Å². The number of ketones is 1. The van der Waals surface area contributed by atoms with Gasteiger partial charge in [0.05, 0.1) is 0 Å². The summed E-state index contributed by atoms with van der Waals surface area (Å²) in [6, 6.07) is 6.79. The largest absolute Gasteiger partial charge is 0.285 e. The van der Waals surface area contributed by atoms with Gasteiger partial charge < -0.3 is 0 Å². The molecule has 0 aliphatic carbocycles. The van der Waals surface area contributed by atoms with E-state index >= 15 is 0 Å². The quantitative estimate of drug-likeness (QED) is 0.466. The number of benzene rings is 1. The van der Waals surface area contributed by atoms with E-state index in [1.165, 1.54) is 6.29 Å². The van der Waals surface area contributed by atoms with Gasteiger partial charge in [-0.25, -0.2) is 0 Å². The lowest BCUT2D eigenvalue weighted by Crippen LogP contribution is -1.98. The van der Waals surface area contributed by atoms with E-state index in [9.17, 15) is 9.59 Å². The second-order valence-corrected chi connectivity index (χ2v) is 2.30. The van der Waals surface area contributed by atoms with Gasteiger partial charge in [-0.15, -0.1) is 0 Å². The van der Waals surface area contributed by atoms with Crippen LogP contribution >= 0.6 is 0 Å². The Balaban J connectivity index is 2.98. The van der Waals surface area contributed by atoms with Crippen LogP contribution in [0.2, 0.25) is 0 Å². The van der Waals surface area contributed by atoms with Crippen LogP contribution in [0.15, 0.2) is 24.3 Å². The first-order chi connectivity index (χ1) is 5.24. The van der Waals surface area contributed by atoms with Crippen LogP contribution < -0.4 is 0 Å². The SMILES string of the molecule is Cc1ccc(C(=O)[C]=O)cc1. The van der Waals surface area contributed by atoms with Gasteiger partial charge in [-0.05, 0) is 6.92 Å². The lowest BCUT2D eigenvalue weighted by Gasteiger charge is -1.92. The molecule has 0 bridgehead atoms. The Hall–Kier alpha value is -1.44. The molecule has 55 valence electrons. The van der Waals surface area contributed by atoms with Crippen molar-refractivity contribution in [2.24, 2.45) is 0 Å². The van der Waals surface area contributed by atoms with Crippen molar-refractivity contribution < 1.29 is 9.59 Å². The molecule has 0 amide bonds. The molecule has 2 heteroatoms. The summed E-state index contributed by atoms with van der Waals surface area (Å²) in [5, 5.41) is 0. The van der Waals surface area contributed by atoms with Crippen molar-refractivity contribution in [3.63, 3.8) is 0 Å². The number of carbonyl (C=O) groups excluding carboxylic acids is 2. The van der Waals surface area contributed by atoms with Crippen LogP contribution in [0.25, 0.3) is 0 Å². The summed E-state index contributed by atoms with van der Waals surface area (Å²) in [4.78, 5) is 20.6. The van der Waals surface area contributed by atoms with Crippen molar-refractivity contribution in [3.05, 3.63) is 35.4 Å². The highest BCUT2D eigenvalue weighted by molar-refractivity contribution is 6.33. The van der Waals surface area contributed by atoms with Crippen molar-refractivity contribution in [2.75, 3.05) is 0 Å². The molecular weight excluding hydrogens is 140 g/mol. The molecule has 0 aromatic heterocycles. The molecule has 0 saturated heterocycles. The lowest BCUT2D eigenvalue weighted by molar-refractivity contribution is 0.106. The maximum atomic E-state index is 10.7. The monoisotopic (exact) mass is 147 g/mol. The topological polar surface area (TPSA) is 34.1 Å². The fourth-order valence-electron chi connectivity index (χ4n) is 0.764. The normalized spacial score (nSPS) is 9.18. The lowest BCUT2D eigenvalue weighted by atomic mass is 10.1. The third-order valence-electron chi connectivity index (χ3n) is 1.41. The van der Waals surface area contributed by atoms with Crippen LogP contribution in [-0.2, 0) is 4.79 Å². The van der Waals surface area contributed by atoms with Crippen LogP contribution in [0.3, 0.4) is 0 Å². The predicted octanol–water partition coefficient (Wildman–Crippen LogP) is 1.29. The molecule has 0 atom stereocenters. The molecule has 0 unspecified atom stereocenters. The van der Waals surface area contributed by atoms with E-state index in [1.54, 1.807) is 24.3 Å². The summed E-state index contributed by atoms with van der Waals surface area (Å²) in [5.74, 6) is -0.593. The highest BCUT2D eigenvalue weighted by Crippen LogP contribution is 2.02. The van der Waals surface area contributed by atoms with Gasteiger partial charge in [-0.1, -0.05) is 29.8 Å². The van der Waals surface area contributed by atoms with E-state index in [4.69, 9.17) is 0 Å². The van der Waals surface area contributed by atoms with Crippen molar-refractivity contribution in [1.29, 1.82) is 0 Å². The maximum absolute atomic E-state index is 10.7. The van der Waals surface area contributed by atoms with E-state index in [1.807, 2.05) is 6.92 Å². The highest BCUT2D eigenvalue weighted by Gasteiger charge is 2.02. The van der Waals surface area contributed by atoms with Gasteiger partial charge in [0.25, 0.3) is 6.29 Å². The smallest absolute Gasteiger partial charge is 0.277 e. The first kappa shape index (κ1) is 7.66. The zero-order valence-corrected chi connectivity index (χ0v) is 6.13. The molecule has 0 aliphatic rings. The Morgan fingerprint density at radius 3 is 2.27 bits per heavy atom. The summed E-state index contributed by atoms with van der Waals surface area (Å²) >= 11 is 0. The highest BCUT2D eigenvalue weighted by atomic mass is 16.2. The average Bonchev–Trinajstić information content (AvgIpc) is 2.05. The van der Waals surface area contributed by atoms with E-state index < -0.39 is 5.78 Å². The van der Waals surface area contributed by atoms with E-state index in [-0.39, 0.29) is 0 Å². The number of rotatable bonds is 2. The molecule has 0 saturated carbocycles. The fourth-order valence-corrected chi connectivity index (χ4v) is 0.764. The van der Waals surface area contributed by atoms with Crippen LogP contribution in [0, 0.1) is 6.92 Å². The van der Waals surface area contributed by atoms with Crippen LogP contribution in [0.4, 0.5) is 0 Å². The molecule has 1 rings (SSSR count). The minimum atomic E-state index is -0.593. The molecule has 0 spiro atoms. The molecule has 0 heterocycles. The molecule has 11 heavy (non-hydrogen) atoms. The fraction of sp³-hybridized carbons (Fsp3) is 0.111. The van der Waals surface area contributed by atoms with Gasteiger partial charge in [-0.3, -0.25) is 9.59 Å². The maximum Gasteiger partial charge on any atom is 0.277 e. The molecule has 1 radical (unpaired) electrons. The first-order valence-electron chi connectivity index (χ1n) is 3.23. The van der Waals surface area contributed by atoms with Crippen molar-refractivity contribution in [1.82, 2.24) is 0 Å². The zero-order valence-electron chi connectivity index (χ0n) is 6.13. The summed E-state index contributed by atoms with van der Waals surface area (Å²) in [6.07, 6.45) is 1.31. The van der Waals surface area contributed by atoms with Crippen LogP contribution in [0.5, 0.6) is 0 Å². The van der Waals surface area contributed by atoms with E-state index in [0.29, 0.717) is 5.56 Å². The van der Waals surface area contributed by atoms with Gasteiger partial charge >= 0.3 is 0 Å². The Kier molecular flexibility index (Phi) is 2.16. The third-order valence-corrected chi connectivity index (χ3v) is 1.41. The minimum absolute atomic E-state index is 0.394. The van der Waals surface area contributed by atoms with Gasteiger partial charge in [0.1, 0.15) is 0 Å². The molecule has 1 aromatic rings. The molecule has 0 fully saturated rings. The summed E-state index contributed by atoms with van der Waals surface area (Å²) in [5.41, 5.74) is 1.46. The van der Waals surface area contributed by atoms with Gasteiger partial charge in [0, 0.05) is 5.56 Å². The number of aryl methyl sites for hydroxylation is 1. The zero-order chi connectivity index (χ0) is 8.27. The molecule has 1 aromatic carbocycles. The summed E-state index contributed by atoms with van der Waals surface area (Å²) in [6.45, 7) is 1.92. The van der Waals surface area contributed by atoms with Gasteiger partial charge in [0.15, 0.2) is 0 Å². The van der Waals surface area contributed by atoms with Crippen molar-refractivity contribution in [3.8, 4) is 0 Å². The second-order valence-electron chi connectivity index (χ2n) is 2.30. The molecular formula is C9H7O2. The van der Waals surface area contributed by atoms with Crippen molar-refractivity contribution >= 4 is 12.1 Å². The summed E-state index contributed by atoms with van der Waals surface area (Å²) < 4.78 is 0. The van der Waals surface area contributed by atoms with Crippen LogP contribution in [0.1, 0.15) is 15.9 Å². The van der Waals surface area contributed by atoms with E-state index in [2.05, 4.69) is 0 Å². The number of hydrogen-bond donors (Lipinski definition) is 0. The van der Waals surface area contributed by atoms with Crippen molar-refractivity contribution in [2.45, 2.75) is 6.92 Å². The molecule has 0 N–H and O–H groups in total. The summed E-state index contributed by atoms with van der Waals surface area (Å²) in [7, 11) is 0. The first-order valence-corrected chi connectivity index (χ1v) is 3.23.